The number of aromatic nitrogens is 3. The predicted octanol–water partition coefficient (Wildman–Crippen LogP) is 5.25. The van der Waals surface area contributed by atoms with Gasteiger partial charge in [-0.25, -0.2) is 9.97 Å². The van der Waals surface area contributed by atoms with Crippen molar-refractivity contribution in [2.24, 2.45) is 0 Å². The number of nitrogen functional groups attached to an aromatic ring is 1. The number of anilines is 3. The first-order valence-corrected chi connectivity index (χ1v) is 9.03. The molecule has 0 radical (unpaired) electrons. The van der Waals surface area contributed by atoms with E-state index in [-0.39, 0.29) is 0 Å². The van der Waals surface area contributed by atoms with Gasteiger partial charge in [-0.2, -0.15) is 0 Å². The zero-order valence-corrected chi connectivity index (χ0v) is 15.3. The highest BCUT2D eigenvalue weighted by Crippen LogP contribution is 2.31. The van der Waals surface area contributed by atoms with Gasteiger partial charge in [0, 0.05) is 11.8 Å². The van der Waals surface area contributed by atoms with E-state index < -0.39 is 0 Å². The summed E-state index contributed by atoms with van der Waals surface area (Å²) in [7, 11) is 0. The first-order valence-electron chi connectivity index (χ1n) is 8.65. The second-order valence-corrected chi connectivity index (χ2v) is 6.67. The first-order chi connectivity index (χ1) is 13.2. The SMILES string of the molecule is Nc1cncc(Nc2ncc(Cl)c(-c3cccc(C4=CC=CCC4)c3)n2)c1. The molecule has 134 valence electrons. The highest BCUT2D eigenvalue weighted by atomic mass is 35.5. The maximum atomic E-state index is 6.39. The predicted molar refractivity (Wildman–Crippen MR) is 111 cm³/mol. The van der Waals surface area contributed by atoms with Crippen LogP contribution in [0.25, 0.3) is 16.8 Å². The average molecular weight is 376 g/mol. The summed E-state index contributed by atoms with van der Waals surface area (Å²) in [6.07, 6.45) is 13.4. The van der Waals surface area contributed by atoms with E-state index >= 15 is 0 Å². The van der Waals surface area contributed by atoms with Crippen molar-refractivity contribution in [1.82, 2.24) is 15.0 Å². The van der Waals surface area contributed by atoms with Crippen molar-refractivity contribution in [3.05, 3.63) is 77.7 Å². The van der Waals surface area contributed by atoms with Crippen LogP contribution in [0.15, 0.2) is 67.2 Å². The lowest BCUT2D eigenvalue weighted by Crippen LogP contribution is -2.00. The Morgan fingerprint density at radius 2 is 1.96 bits per heavy atom. The van der Waals surface area contributed by atoms with Crippen molar-refractivity contribution < 1.29 is 0 Å². The minimum absolute atomic E-state index is 0.437. The van der Waals surface area contributed by atoms with Gasteiger partial charge < -0.3 is 11.1 Å². The molecular weight excluding hydrogens is 358 g/mol. The summed E-state index contributed by atoms with van der Waals surface area (Å²) < 4.78 is 0. The normalized spacial score (nSPS) is 13.3. The fraction of sp³-hybridized carbons (Fsp3) is 0.0952. The van der Waals surface area contributed by atoms with E-state index in [0.717, 1.165) is 24.1 Å². The molecule has 27 heavy (non-hydrogen) atoms. The number of nitrogens with one attached hydrogen (secondary N) is 1. The molecule has 2 aromatic heterocycles. The van der Waals surface area contributed by atoms with Gasteiger partial charge in [-0.3, -0.25) is 4.98 Å². The number of benzene rings is 1. The molecule has 1 aliphatic rings. The fourth-order valence-corrected chi connectivity index (χ4v) is 3.19. The van der Waals surface area contributed by atoms with E-state index in [2.05, 4.69) is 50.6 Å². The van der Waals surface area contributed by atoms with Crippen molar-refractivity contribution in [2.45, 2.75) is 12.8 Å². The Hall–Kier alpha value is -3.18. The molecule has 0 aliphatic heterocycles. The Kier molecular flexibility index (Phi) is 4.85. The Morgan fingerprint density at radius 3 is 2.78 bits per heavy atom. The molecule has 1 aromatic carbocycles. The van der Waals surface area contributed by atoms with E-state index in [1.54, 1.807) is 24.7 Å². The van der Waals surface area contributed by atoms with Crippen LogP contribution in [0, 0.1) is 0 Å². The highest BCUT2D eigenvalue weighted by Gasteiger charge is 2.11. The maximum absolute atomic E-state index is 6.39. The number of halogens is 1. The number of allylic oxidation sites excluding steroid dienone is 4. The molecule has 0 amide bonds. The number of nitrogens with zero attached hydrogens (tertiary/aromatic N) is 3. The minimum Gasteiger partial charge on any atom is -0.397 e. The van der Waals surface area contributed by atoms with Gasteiger partial charge in [0.25, 0.3) is 0 Å². The monoisotopic (exact) mass is 375 g/mol. The van der Waals surface area contributed by atoms with Gasteiger partial charge >= 0.3 is 0 Å². The zero-order chi connectivity index (χ0) is 18.6. The van der Waals surface area contributed by atoms with Crippen LogP contribution in [0.1, 0.15) is 18.4 Å². The van der Waals surface area contributed by atoms with Gasteiger partial charge in [-0.1, -0.05) is 48.0 Å². The van der Waals surface area contributed by atoms with Gasteiger partial charge in [-0.05, 0) is 36.1 Å². The smallest absolute Gasteiger partial charge is 0.227 e. The van der Waals surface area contributed by atoms with Crippen molar-refractivity contribution >= 4 is 34.5 Å². The quantitative estimate of drug-likeness (QED) is 0.651. The summed E-state index contributed by atoms with van der Waals surface area (Å²) in [4.78, 5) is 12.9. The molecule has 0 fully saturated rings. The number of rotatable bonds is 4. The fourth-order valence-electron chi connectivity index (χ4n) is 2.99. The molecule has 0 saturated heterocycles. The van der Waals surface area contributed by atoms with Crippen molar-refractivity contribution in [2.75, 3.05) is 11.1 Å². The van der Waals surface area contributed by atoms with Gasteiger partial charge in [-0.15, -0.1) is 0 Å². The summed E-state index contributed by atoms with van der Waals surface area (Å²) >= 11 is 6.39. The number of nitrogens with two attached hydrogens (primary N) is 1. The second-order valence-electron chi connectivity index (χ2n) is 6.26. The maximum Gasteiger partial charge on any atom is 0.227 e. The van der Waals surface area contributed by atoms with E-state index in [9.17, 15) is 0 Å². The van der Waals surface area contributed by atoms with Gasteiger partial charge in [0.05, 0.1) is 34.5 Å². The van der Waals surface area contributed by atoms with Crippen LogP contribution in [-0.4, -0.2) is 15.0 Å². The number of hydrogen-bond donors (Lipinski definition) is 2. The lowest BCUT2D eigenvalue weighted by Gasteiger charge is -2.12. The Labute approximate surface area is 162 Å². The van der Waals surface area contributed by atoms with Gasteiger partial charge in [0.2, 0.25) is 5.95 Å². The first kappa shape index (κ1) is 17.2. The molecule has 2 heterocycles. The Balaban J connectivity index is 1.67. The third-order valence-electron chi connectivity index (χ3n) is 4.28. The molecule has 3 N–H and O–H groups in total. The van der Waals surface area contributed by atoms with E-state index in [4.69, 9.17) is 17.3 Å². The van der Waals surface area contributed by atoms with Crippen molar-refractivity contribution in [3.63, 3.8) is 0 Å². The van der Waals surface area contributed by atoms with Crippen LogP contribution in [0.5, 0.6) is 0 Å². The molecule has 1 aliphatic carbocycles. The van der Waals surface area contributed by atoms with Crippen LogP contribution in [0.4, 0.5) is 17.3 Å². The van der Waals surface area contributed by atoms with Crippen LogP contribution in [0.3, 0.4) is 0 Å². The number of pyridine rings is 1. The van der Waals surface area contributed by atoms with Crippen LogP contribution >= 0.6 is 11.6 Å². The third kappa shape index (κ3) is 3.99. The van der Waals surface area contributed by atoms with Crippen LogP contribution in [0.2, 0.25) is 5.02 Å². The van der Waals surface area contributed by atoms with E-state index in [1.165, 1.54) is 11.1 Å². The Morgan fingerprint density at radius 1 is 1.07 bits per heavy atom. The lowest BCUT2D eigenvalue weighted by molar-refractivity contribution is 1.05. The molecule has 0 atom stereocenters. The topological polar surface area (TPSA) is 76.7 Å². The average Bonchev–Trinajstić information content (AvgIpc) is 2.70. The standard InChI is InChI=1S/C21H18ClN5/c22-19-13-25-21(26-18-10-17(23)11-24-12-18)27-20(19)16-8-4-7-15(9-16)14-5-2-1-3-6-14/h1-2,4-5,7-13H,3,6,23H2,(H,25,26,27). The van der Waals surface area contributed by atoms with Gasteiger partial charge in [0.15, 0.2) is 0 Å². The lowest BCUT2D eigenvalue weighted by atomic mass is 9.95. The van der Waals surface area contributed by atoms with E-state index in [0.29, 0.717) is 22.4 Å². The molecule has 3 aromatic rings. The zero-order valence-electron chi connectivity index (χ0n) is 14.6. The van der Waals surface area contributed by atoms with Crippen LogP contribution in [-0.2, 0) is 0 Å². The minimum atomic E-state index is 0.437. The van der Waals surface area contributed by atoms with Gasteiger partial charge in [0.1, 0.15) is 0 Å². The number of hydrogen-bond acceptors (Lipinski definition) is 5. The van der Waals surface area contributed by atoms with Crippen molar-refractivity contribution in [1.29, 1.82) is 0 Å². The Bertz CT molecular complexity index is 1040. The molecule has 0 unspecified atom stereocenters. The molecule has 0 saturated carbocycles. The molecule has 0 bridgehead atoms. The molecule has 6 heteroatoms. The largest absolute Gasteiger partial charge is 0.397 e. The van der Waals surface area contributed by atoms with Crippen LogP contribution < -0.4 is 11.1 Å². The summed E-state index contributed by atoms with van der Waals surface area (Å²) in [6, 6.07) is 10.0. The van der Waals surface area contributed by atoms with Crippen molar-refractivity contribution in [3.8, 4) is 11.3 Å². The summed E-state index contributed by atoms with van der Waals surface area (Å²) in [5.41, 5.74) is 11.2. The third-order valence-corrected chi connectivity index (χ3v) is 4.56. The molecule has 4 rings (SSSR count). The molecular formula is C21H18ClN5. The van der Waals surface area contributed by atoms with E-state index in [1.807, 2.05) is 12.1 Å². The summed E-state index contributed by atoms with van der Waals surface area (Å²) in [5, 5.41) is 3.62. The molecule has 5 nitrogen and oxygen atoms in total. The highest BCUT2D eigenvalue weighted by molar-refractivity contribution is 6.32. The summed E-state index contributed by atoms with van der Waals surface area (Å²) in [6.45, 7) is 0. The summed E-state index contributed by atoms with van der Waals surface area (Å²) in [5.74, 6) is 0.437. The second kappa shape index (κ2) is 7.60. The molecule has 0 spiro atoms.